The Labute approximate surface area is 148 Å². The Morgan fingerprint density at radius 1 is 0.913 bits per heavy atom. The van der Waals surface area contributed by atoms with E-state index in [2.05, 4.69) is 39.7 Å². The fourth-order valence-corrected chi connectivity index (χ4v) is 3.62. The minimum absolute atomic E-state index is 0.127. The maximum Gasteiger partial charge on any atom is 0.303 e. The van der Waals surface area contributed by atoms with Gasteiger partial charge in [0.25, 0.3) is 0 Å². The van der Waals surface area contributed by atoms with Gasteiger partial charge in [-0.05, 0) is 45.7 Å². The molecule has 3 rings (SSSR count). The summed E-state index contributed by atoms with van der Waals surface area (Å²) in [4.78, 5) is 14.5. The van der Waals surface area contributed by atoms with E-state index in [9.17, 15) is 4.79 Å². The highest BCUT2D eigenvalue weighted by Crippen LogP contribution is 2.35. The fourth-order valence-electron chi connectivity index (χ4n) is 2.64. The van der Waals surface area contributed by atoms with Crippen molar-refractivity contribution in [1.29, 1.82) is 0 Å². The molecular weight excluding hydrogens is 401 g/mol. The third-order valence-electron chi connectivity index (χ3n) is 3.75. The van der Waals surface area contributed by atoms with E-state index in [0.29, 0.717) is 6.42 Å². The predicted molar refractivity (Wildman–Crippen MR) is 100 cm³/mol. The summed E-state index contributed by atoms with van der Waals surface area (Å²) in [7, 11) is 0. The lowest BCUT2D eigenvalue weighted by Gasteiger charge is -2.03. The molecule has 1 heterocycles. The lowest BCUT2D eigenvalue weighted by atomic mass is 10.0. The molecule has 0 radical (unpaired) electrons. The van der Waals surface area contributed by atoms with Gasteiger partial charge in [-0.25, -0.2) is 0 Å². The second-order valence-electron chi connectivity index (χ2n) is 5.29. The number of aromatic amines is 1. The van der Waals surface area contributed by atoms with Crippen molar-refractivity contribution in [3.05, 3.63) is 69.8 Å². The van der Waals surface area contributed by atoms with Crippen molar-refractivity contribution >= 4 is 28.6 Å². The summed E-state index contributed by atoms with van der Waals surface area (Å²) in [6.07, 6.45) is 0.642. The first-order chi connectivity index (χ1) is 11.2. The second kappa shape index (κ2) is 7.00. The predicted octanol–water partition coefficient (Wildman–Crippen LogP) is 4.97. The van der Waals surface area contributed by atoms with Gasteiger partial charge < -0.3 is 10.1 Å². The number of carbonyl (C=O) groups is 1. The number of H-pyrrole nitrogens is 1. The van der Waals surface area contributed by atoms with Crippen LogP contribution in [0.3, 0.4) is 0 Å². The molecule has 0 atom stereocenters. The third-order valence-corrected chi connectivity index (χ3v) is 4.94. The maximum atomic E-state index is 11.0. The lowest BCUT2D eigenvalue weighted by Crippen LogP contribution is -1.99. The summed E-state index contributed by atoms with van der Waals surface area (Å²) < 4.78 is 1.09. The molecule has 1 aromatic heterocycles. The van der Waals surface area contributed by atoms with Gasteiger partial charge in [0.15, 0.2) is 0 Å². The van der Waals surface area contributed by atoms with Gasteiger partial charge in [-0.2, -0.15) is 0 Å². The standard InChI is InChI=1S/C19H16INO2/c20-17-15(11-12-16(22)23)18(13-7-3-1-4-8-13)21-19(17)14-9-5-2-6-10-14/h1-10,21H,11-12H2,(H,22,23). The van der Waals surface area contributed by atoms with Crippen LogP contribution in [-0.4, -0.2) is 16.1 Å². The van der Waals surface area contributed by atoms with Gasteiger partial charge in [-0.3, -0.25) is 4.79 Å². The Morgan fingerprint density at radius 3 is 1.96 bits per heavy atom. The normalized spacial score (nSPS) is 10.7. The topological polar surface area (TPSA) is 53.1 Å². The summed E-state index contributed by atoms with van der Waals surface area (Å²) in [5, 5.41) is 9.04. The first kappa shape index (κ1) is 15.8. The fraction of sp³-hybridized carbons (Fsp3) is 0.105. The molecule has 0 fully saturated rings. The number of carboxylic acids is 1. The number of aromatic nitrogens is 1. The average Bonchev–Trinajstić information content (AvgIpc) is 2.91. The van der Waals surface area contributed by atoms with Gasteiger partial charge in [0.2, 0.25) is 0 Å². The average molecular weight is 417 g/mol. The maximum absolute atomic E-state index is 11.0. The molecule has 0 aliphatic rings. The van der Waals surface area contributed by atoms with Crippen LogP contribution >= 0.6 is 22.6 Å². The molecule has 0 spiro atoms. The Morgan fingerprint density at radius 2 is 1.43 bits per heavy atom. The number of halogens is 1. The largest absolute Gasteiger partial charge is 0.481 e. The van der Waals surface area contributed by atoms with Crippen LogP contribution in [0.5, 0.6) is 0 Å². The van der Waals surface area contributed by atoms with E-state index in [0.717, 1.165) is 31.6 Å². The van der Waals surface area contributed by atoms with Crippen molar-refractivity contribution in [2.75, 3.05) is 0 Å². The Kier molecular flexibility index (Phi) is 4.81. The van der Waals surface area contributed by atoms with Crippen molar-refractivity contribution in [2.45, 2.75) is 12.8 Å². The van der Waals surface area contributed by atoms with Gasteiger partial charge in [0.05, 0.1) is 11.4 Å². The van der Waals surface area contributed by atoms with Gasteiger partial charge >= 0.3 is 5.97 Å². The van der Waals surface area contributed by atoms with Crippen molar-refractivity contribution in [1.82, 2.24) is 4.98 Å². The van der Waals surface area contributed by atoms with Crippen molar-refractivity contribution in [2.24, 2.45) is 0 Å². The monoisotopic (exact) mass is 417 g/mol. The molecule has 3 nitrogen and oxygen atoms in total. The molecular formula is C19H16INO2. The van der Waals surface area contributed by atoms with E-state index < -0.39 is 5.97 Å². The molecule has 0 aliphatic heterocycles. The summed E-state index contributed by atoms with van der Waals surface area (Å²) in [6, 6.07) is 20.2. The second-order valence-corrected chi connectivity index (χ2v) is 6.37. The molecule has 4 heteroatoms. The smallest absolute Gasteiger partial charge is 0.303 e. The summed E-state index contributed by atoms with van der Waals surface area (Å²) in [6.45, 7) is 0. The molecule has 2 N–H and O–H groups in total. The van der Waals surface area contributed by atoms with Crippen LogP contribution in [0.4, 0.5) is 0 Å². The van der Waals surface area contributed by atoms with Crippen LogP contribution in [-0.2, 0) is 11.2 Å². The van der Waals surface area contributed by atoms with E-state index >= 15 is 0 Å². The Bertz CT molecular complexity index is 810. The number of aliphatic carboxylic acids is 1. The summed E-state index contributed by atoms with van der Waals surface area (Å²) >= 11 is 2.31. The first-order valence-electron chi connectivity index (χ1n) is 7.40. The highest BCUT2D eigenvalue weighted by atomic mass is 127. The molecule has 2 aromatic carbocycles. The van der Waals surface area contributed by atoms with E-state index in [1.165, 1.54) is 0 Å². The van der Waals surface area contributed by atoms with Crippen LogP contribution in [0, 0.1) is 3.57 Å². The van der Waals surface area contributed by atoms with E-state index in [1.807, 2.05) is 48.5 Å². The molecule has 0 saturated carbocycles. The van der Waals surface area contributed by atoms with Crippen LogP contribution < -0.4 is 0 Å². The van der Waals surface area contributed by atoms with Gasteiger partial charge in [0, 0.05) is 9.99 Å². The summed E-state index contributed by atoms with van der Waals surface area (Å²) in [5.41, 5.74) is 5.31. The molecule has 0 unspecified atom stereocenters. The van der Waals surface area contributed by atoms with Crippen LogP contribution in [0.15, 0.2) is 60.7 Å². The molecule has 116 valence electrons. The highest BCUT2D eigenvalue weighted by molar-refractivity contribution is 14.1. The molecule has 0 bridgehead atoms. The number of benzene rings is 2. The molecule has 0 aliphatic carbocycles. The van der Waals surface area contributed by atoms with Crippen LogP contribution in [0.25, 0.3) is 22.5 Å². The van der Waals surface area contributed by atoms with Crippen LogP contribution in [0.1, 0.15) is 12.0 Å². The Balaban J connectivity index is 2.11. The molecule has 0 saturated heterocycles. The van der Waals surface area contributed by atoms with Crippen LogP contribution in [0.2, 0.25) is 0 Å². The van der Waals surface area contributed by atoms with Gasteiger partial charge in [0.1, 0.15) is 0 Å². The minimum atomic E-state index is -0.776. The minimum Gasteiger partial charge on any atom is -0.481 e. The SMILES string of the molecule is O=C(O)CCc1c(-c2ccccc2)[nH]c(-c2ccccc2)c1I. The number of carboxylic acid groups (broad SMARTS) is 1. The van der Waals surface area contributed by atoms with E-state index in [1.54, 1.807) is 0 Å². The van der Waals surface area contributed by atoms with Crippen molar-refractivity contribution in [3.8, 4) is 22.5 Å². The quantitative estimate of drug-likeness (QED) is 0.576. The van der Waals surface area contributed by atoms with E-state index in [4.69, 9.17) is 5.11 Å². The lowest BCUT2D eigenvalue weighted by molar-refractivity contribution is -0.136. The zero-order valence-corrected chi connectivity index (χ0v) is 14.6. The van der Waals surface area contributed by atoms with Crippen molar-refractivity contribution in [3.63, 3.8) is 0 Å². The van der Waals surface area contributed by atoms with Crippen molar-refractivity contribution < 1.29 is 9.90 Å². The summed E-state index contributed by atoms with van der Waals surface area (Å²) in [5.74, 6) is -0.776. The first-order valence-corrected chi connectivity index (χ1v) is 8.47. The zero-order valence-electron chi connectivity index (χ0n) is 12.4. The molecule has 23 heavy (non-hydrogen) atoms. The van der Waals surface area contributed by atoms with Gasteiger partial charge in [-0.1, -0.05) is 60.7 Å². The van der Waals surface area contributed by atoms with Gasteiger partial charge in [-0.15, -0.1) is 0 Å². The van der Waals surface area contributed by atoms with E-state index in [-0.39, 0.29) is 6.42 Å². The highest BCUT2D eigenvalue weighted by Gasteiger charge is 2.18. The third kappa shape index (κ3) is 3.47. The molecule has 3 aromatic rings. The number of hydrogen-bond acceptors (Lipinski definition) is 1. The Hall–Kier alpha value is -2.08. The number of nitrogens with one attached hydrogen (secondary N) is 1. The number of rotatable bonds is 5. The number of hydrogen-bond donors (Lipinski definition) is 2. The molecule has 0 amide bonds. The zero-order chi connectivity index (χ0) is 16.2.